The van der Waals surface area contributed by atoms with Gasteiger partial charge in [-0.3, -0.25) is 19.3 Å². The van der Waals surface area contributed by atoms with E-state index in [0.717, 1.165) is 12.8 Å². The average molecular weight is 561 g/mol. The number of ether oxygens (including phenoxy) is 1. The highest BCUT2D eigenvalue weighted by Gasteiger charge is 2.54. The molecule has 0 aliphatic carbocycles. The van der Waals surface area contributed by atoms with Crippen LogP contribution in [0.15, 0.2) is 46.8 Å². The quantitative estimate of drug-likeness (QED) is 0.169. The van der Waals surface area contributed by atoms with Crippen molar-refractivity contribution in [1.29, 1.82) is 0 Å². The van der Waals surface area contributed by atoms with Gasteiger partial charge in [0.15, 0.2) is 0 Å². The number of carboxylic acid groups (broad SMARTS) is 1. The molecule has 2 aromatic rings. The number of β-lactam (4-membered cyclic amide) rings is 1. The number of thioether (sulfide) groups is 2. The fraction of sp³-hybridized carbons (Fsp3) is 0.458. The van der Waals surface area contributed by atoms with E-state index in [1.54, 1.807) is 37.4 Å². The van der Waals surface area contributed by atoms with E-state index >= 15 is 0 Å². The van der Waals surface area contributed by atoms with Crippen molar-refractivity contribution in [3.63, 3.8) is 0 Å². The second kappa shape index (κ2) is 12.4. The summed E-state index contributed by atoms with van der Waals surface area (Å²) >= 11 is 2.63. The van der Waals surface area contributed by atoms with Gasteiger partial charge in [-0.1, -0.05) is 61.9 Å². The molecule has 0 saturated carbocycles. The summed E-state index contributed by atoms with van der Waals surface area (Å²) in [6.07, 6.45) is 1.45. The molecule has 0 spiro atoms. The number of hydrogen-bond acceptors (Lipinski definition) is 10. The first-order valence-electron chi connectivity index (χ1n) is 12.1. The van der Waals surface area contributed by atoms with E-state index in [1.807, 2.05) is 6.92 Å². The van der Waals surface area contributed by atoms with Crippen LogP contribution >= 0.6 is 23.5 Å². The van der Waals surface area contributed by atoms with Gasteiger partial charge in [-0.15, -0.1) is 16.9 Å². The molecule has 12 nitrogen and oxygen atoms in total. The van der Waals surface area contributed by atoms with Crippen molar-refractivity contribution in [3.05, 3.63) is 47.2 Å². The number of aliphatic carboxylic acids is 1. The first-order chi connectivity index (χ1) is 18.3. The molecule has 1 aromatic heterocycles. The van der Waals surface area contributed by atoms with Crippen molar-refractivity contribution in [1.82, 2.24) is 30.4 Å². The molecule has 14 heteroatoms. The summed E-state index contributed by atoms with van der Waals surface area (Å²) in [5.74, 6) is -2.22. The summed E-state index contributed by atoms with van der Waals surface area (Å²) in [6.45, 7) is 2.02. The number of carbonyl (C=O) groups is 4. The number of rotatable bonds is 12. The van der Waals surface area contributed by atoms with Crippen LogP contribution in [0, 0.1) is 0 Å². The van der Waals surface area contributed by atoms with Gasteiger partial charge < -0.3 is 15.2 Å². The normalized spacial score (nSPS) is 19.4. The lowest BCUT2D eigenvalue weighted by atomic mass is 10.0. The predicted molar refractivity (Wildman–Crippen MR) is 139 cm³/mol. The molecule has 1 aromatic carbocycles. The zero-order chi connectivity index (χ0) is 27.2. The molecular weight excluding hydrogens is 532 g/mol. The van der Waals surface area contributed by atoms with Crippen molar-refractivity contribution in [2.24, 2.45) is 7.05 Å². The number of carboxylic acids is 1. The number of esters is 1. The standard InChI is InChI=1S/C24H28N6O6S2/c1-3-4-6-11-16(31)36-19(14-9-7-5-8-10-14)20(32)25-17-21(33)30-18(23(34)35)15(12-37-22(17)30)13-38-24-26-27-28-29(24)2/h5,7-10,17,19,22H,3-4,6,11-13H2,1-2H3,(H,25,32)(H,34,35)/t17-,19-,22-/m1/s1. The Kier molecular flexibility index (Phi) is 9.05. The minimum absolute atomic E-state index is 0.0890. The molecular formula is C24H28N6O6S2. The van der Waals surface area contributed by atoms with Crippen LogP contribution in [0.3, 0.4) is 0 Å². The van der Waals surface area contributed by atoms with Crippen LogP contribution in [0.25, 0.3) is 0 Å². The smallest absolute Gasteiger partial charge is 0.352 e. The predicted octanol–water partition coefficient (Wildman–Crippen LogP) is 1.91. The minimum Gasteiger partial charge on any atom is -0.477 e. The maximum atomic E-state index is 13.3. The van der Waals surface area contributed by atoms with Crippen molar-refractivity contribution >= 4 is 47.3 Å². The van der Waals surface area contributed by atoms with E-state index in [1.165, 1.54) is 33.1 Å². The van der Waals surface area contributed by atoms with Crippen molar-refractivity contribution < 1.29 is 29.0 Å². The lowest BCUT2D eigenvalue weighted by Gasteiger charge is -2.49. The highest BCUT2D eigenvalue weighted by Crippen LogP contribution is 2.41. The Bertz CT molecular complexity index is 1240. The Morgan fingerprint density at radius 3 is 2.68 bits per heavy atom. The fourth-order valence-electron chi connectivity index (χ4n) is 4.13. The van der Waals surface area contributed by atoms with Crippen LogP contribution in [0.5, 0.6) is 0 Å². The van der Waals surface area contributed by atoms with Gasteiger partial charge in [0.1, 0.15) is 17.1 Å². The number of carbonyl (C=O) groups excluding carboxylic acids is 3. The van der Waals surface area contributed by atoms with Crippen LogP contribution in [0.2, 0.25) is 0 Å². The fourth-order valence-corrected chi connectivity index (χ4v) is 6.46. The molecule has 202 valence electrons. The average Bonchev–Trinajstić information content (AvgIpc) is 3.33. The third-order valence-corrected chi connectivity index (χ3v) is 8.52. The van der Waals surface area contributed by atoms with Gasteiger partial charge >= 0.3 is 11.9 Å². The molecule has 2 amide bonds. The molecule has 38 heavy (non-hydrogen) atoms. The third kappa shape index (κ3) is 6.01. The van der Waals surface area contributed by atoms with Crippen LogP contribution in [0.4, 0.5) is 0 Å². The second-order valence-corrected chi connectivity index (χ2v) is 10.8. The van der Waals surface area contributed by atoms with Crippen LogP contribution < -0.4 is 5.32 Å². The van der Waals surface area contributed by atoms with Gasteiger partial charge in [-0.05, 0) is 22.4 Å². The van der Waals surface area contributed by atoms with Crippen molar-refractivity contribution in [2.75, 3.05) is 11.5 Å². The SMILES string of the molecule is CCCCCC(=O)O[C@@H](C(=O)N[C@@H]1C(=O)N2C(C(=O)O)=C(CSc3nnnn3C)CS[C@H]12)c1ccccc1. The maximum absolute atomic E-state index is 13.3. The number of benzene rings is 1. The number of aryl methyl sites for hydroxylation is 1. The molecule has 4 rings (SSSR count). The summed E-state index contributed by atoms with van der Waals surface area (Å²) in [6, 6.07) is 7.65. The van der Waals surface area contributed by atoms with Crippen LogP contribution in [-0.2, 0) is 31.0 Å². The topological polar surface area (TPSA) is 157 Å². The zero-order valence-corrected chi connectivity index (χ0v) is 22.5. The van der Waals surface area contributed by atoms with Gasteiger partial charge in [-0.2, -0.15) is 0 Å². The van der Waals surface area contributed by atoms with Crippen molar-refractivity contribution in [2.45, 2.75) is 55.3 Å². The molecule has 0 bridgehead atoms. The highest BCUT2D eigenvalue weighted by atomic mass is 32.2. The Labute approximate surface area is 227 Å². The molecule has 0 unspecified atom stereocenters. The number of tetrazole rings is 1. The van der Waals surface area contributed by atoms with Crippen LogP contribution in [0.1, 0.15) is 44.3 Å². The lowest BCUT2D eigenvalue weighted by Crippen LogP contribution is -2.71. The molecule has 2 aliphatic rings. The van der Waals surface area contributed by atoms with E-state index in [-0.39, 0.29) is 12.1 Å². The largest absolute Gasteiger partial charge is 0.477 e. The Morgan fingerprint density at radius 2 is 2.03 bits per heavy atom. The Balaban J connectivity index is 1.46. The van der Waals surface area contributed by atoms with Gasteiger partial charge in [0.25, 0.3) is 11.8 Å². The number of hydrogen-bond donors (Lipinski definition) is 2. The molecule has 2 N–H and O–H groups in total. The maximum Gasteiger partial charge on any atom is 0.352 e. The molecule has 3 heterocycles. The summed E-state index contributed by atoms with van der Waals surface area (Å²) in [5.41, 5.74) is 0.958. The van der Waals surface area contributed by atoms with Gasteiger partial charge in [0, 0.05) is 30.5 Å². The molecule has 3 atom stereocenters. The lowest BCUT2D eigenvalue weighted by molar-refractivity contribution is -0.159. The number of amides is 2. The van der Waals surface area contributed by atoms with Gasteiger partial charge in [0.2, 0.25) is 11.3 Å². The van der Waals surface area contributed by atoms with E-state index in [0.29, 0.717) is 34.2 Å². The molecule has 1 saturated heterocycles. The Hall–Kier alpha value is -3.39. The first-order valence-corrected chi connectivity index (χ1v) is 14.1. The Morgan fingerprint density at radius 1 is 1.26 bits per heavy atom. The summed E-state index contributed by atoms with van der Waals surface area (Å²) in [5, 5.41) is 23.7. The number of unbranched alkanes of at least 4 members (excludes halogenated alkanes) is 2. The zero-order valence-electron chi connectivity index (χ0n) is 20.9. The van der Waals surface area contributed by atoms with Crippen LogP contribution in [-0.4, -0.2) is 76.9 Å². The number of aromatic nitrogens is 4. The van der Waals surface area contributed by atoms with E-state index in [2.05, 4.69) is 20.8 Å². The van der Waals surface area contributed by atoms with E-state index in [9.17, 15) is 24.3 Å². The second-order valence-electron chi connectivity index (χ2n) is 8.76. The first kappa shape index (κ1) is 27.6. The number of nitrogens with one attached hydrogen (secondary N) is 1. The number of nitrogens with zero attached hydrogens (tertiary/aromatic N) is 5. The summed E-state index contributed by atoms with van der Waals surface area (Å²) in [7, 11) is 1.68. The van der Waals surface area contributed by atoms with Gasteiger partial charge in [-0.25, -0.2) is 9.48 Å². The van der Waals surface area contributed by atoms with Crippen molar-refractivity contribution in [3.8, 4) is 0 Å². The van der Waals surface area contributed by atoms with Gasteiger partial charge in [0.05, 0.1) is 0 Å². The molecule has 1 fully saturated rings. The number of fused-ring (bicyclic) bond motifs is 1. The summed E-state index contributed by atoms with van der Waals surface area (Å²) in [4.78, 5) is 52.1. The minimum atomic E-state index is -1.22. The van der Waals surface area contributed by atoms with E-state index < -0.39 is 41.3 Å². The monoisotopic (exact) mass is 560 g/mol. The summed E-state index contributed by atoms with van der Waals surface area (Å²) < 4.78 is 7.01. The molecule has 2 aliphatic heterocycles. The highest BCUT2D eigenvalue weighted by molar-refractivity contribution is 8.01. The van der Waals surface area contributed by atoms with E-state index in [4.69, 9.17) is 4.74 Å². The third-order valence-electron chi connectivity index (χ3n) is 6.08. The molecule has 0 radical (unpaired) electrons.